The van der Waals surface area contributed by atoms with Crippen LogP contribution in [-0.2, 0) is 16.0 Å². The van der Waals surface area contributed by atoms with Crippen molar-refractivity contribution >= 4 is 40.5 Å². The van der Waals surface area contributed by atoms with Crippen LogP contribution in [0.25, 0.3) is 0 Å². The molecule has 2 aliphatic rings. The van der Waals surface area contributed by atoms with E-state index in [-0.39, 0.29) is 29.8 Å². The van der Waals surface area contributed by atoms with Crippen LogP contribution < -0.4 is 29.9 Å². The largest absolute Gasteiger partial charge is 0.493 e. The Bertz CT molecular complexity index is 1520. The molecule has 3 aromatic carbocycles. The minimum absolute atomic E-state index is 0.0829. The minimum atomic E-state index is -0.353. The molecule has 10 heteroatoms. The highest BCUT2D eigenvalue weighted by molar-refractivity contribution is 6.32. The van der Waals surface area contributed by atoms with E-state index in [2.05, 4.69) is 31.5 Å². The van der Waals surface area contributed by atoms with Crippen LogP contribution in [0.15, 0.2) is 66.4 Å². The van der Waals surface area contributed by atoms with Crippen molar-refractivity contribution in [3.05, 3.63) is 82.5 Å². The van der Waals surface area contributed by atoms with E-state index in [0.717, 1.165) is 11.1 Å². The Morgan fingerprint density at radius 2 is 1.68 bits per heavy atom. The Morgan fingerprint density at radius 1 is 1.00 bits per heavy atom. The molecule has 0 bridgehead atoms. The van der Waals surface area contributed by atoms with Gasteiger partial charge in [0.25, 0.3) is 5.91 Å². The van der Waals surface area contributed by atoms with Crippen molar-refractivity contribution in [3.8, 4) is 17.2 Å². The summed E-state index contributed by atoms with van der Waals surface area (Å²) in [5.74, 6) is 0.914. The van der Waals surface area contributed by atoms with Crippen molar-refractivity contribution < 1.29 is 23.8 Å². The van der Waals surface area contributed by atoms with Crippen molar-refractivity contribution in [1.29, 1.82) is 0 Å². The van der Waals surface area contributed by atoms with Crippen LogP contribution in [0, 0.1) is 0 Å². The number of carbonyl (C=O) groups excluding carboxylic acids is 2. The minimum Gasteiger partial charge on any atom is -0.493 e. The molecule has 0 radical (unpaired) electrons. The third-order valence-corrected chi connectivity index (χ3v) is 7.39. The molecule has 2 heterocycles. The van der Waals surface area contributed by atoms with E-state index in [1.165, 1.54) is 21.3 Å². The number of nitrogens with one attached hydrogen (secondary N) is 2. The van der Waals surface area contributed by atoms with Gasteiger partial charge in [0.1, 0.15) is 0 Å². The van der Waals surface area contributed by atoms with Crippen molar-refractivity contribution in [2.24, 2.45) is 0 Å². The second kappa shape index (κ2) is 11.0. The van der Waals surface area contributed by atoms with Gasteiger partial charge in [0.05, 0.1) is 45.1 Å². The Balaban J connectivity index is 1.44. The molecule has 0 fully saturated rings. The van der Waals surface area contributed by atoms with Crippen molar-refractivity contribution in [2.75, 3.05) is 31.5 Å². The monoisotopic (exact) mass is 576 g/mol. The molecular formula is C31H33ClN4O5. The van der Waals surface area contributed by atoms with Crippen LogP contribution in [0.1, 0.15) is 37.9 Å². The molecule has 214 valence electrons. The zero-order chi connectivity index (χ0) is 29.5. The highest BCUT2D eigenvalue weighted by Gasteiger charge is 2.43. The van der Waals surface area contributed by atoms with Crippen LogP contribution in [0.3, 0.4) is 0 Å². The first-order chi connectivity index (χ1) is 19.5. The number of nitrogens with zero attached hydrogens (tertiary/aromatic N) is 2. The highest BCUT2D eigenvalue weighted by Crippen LogP contribution is 2.47. The zero-order valence-corrected chi connectivity index (χ0v) is 24.6. The van der Waals surface area contributed by atoms with Gasteiger partial charge in [-0.25, -0.2) is 5.43 Å². The zero-order valence-electron chi connectivity index (χ0n) is 23.9. The molecule has 1 unspecified atom stereocenters. The molecular weight excluding hydrogens is 544 g/mol. The van der Waals surface area contributed by atoms with Gasteiger partial charge in [0.2, 0.25) is 11.7 Å². The molecule has 41 heavy (non-hydrogen) atoms. The third kappa shape index (κ3) is 5.30. The lowest BCUT2D eigenvalue weighted by molar-refractivity contribution is -0.116. The summed E-state index contributed by atoms with van der Waals surface area (Å²) >= 11 is 6.71. The number of methoxy groups -OCH3 is 3. The van der Waals surface area contributed by atoms with Gasteiger partial charge in [-0.2, -0.15) is 0 Å². The summed E-state index contributed by atoms with van der Waals surface area (Å²) in [6.45, 7) is 6.20. The lowest BCUT2D eigenvalue weighted by Gasteiger charge is -2.36. The standard InChI is InChI=1S/C31H33ClN4O5/c1-31(2,3)35-17-21-28(34-35)27-22(32)11-8-12-23(27)36(30(21)38)20-10-7-9-18(13-20)14-26(37)33-19-15-24(39-4)29(41-6)25(16-19)40-5/h7-13,15-17,28,34H,14H2,1-6H3,(H,33,37). The van der Waals surface area contributed by atoms with E-state index < -0.39 is 0 Å². The molecule has 2 N–H and O–H groups in total. The van der Waals surface area contributed by atoms with E-state index in [0.29, 0.717) is 44.9 Å². The van der Waals surface area contributed by atoms with E-state index >= 15 is 0 Å². The Labute approximate surface area is 244 Å². The summed E-state index contributed by atoms with van der Waals surface area (Å²) in [6, 6.07) is 15.9. The number of hydrogen-bond donors (Lipinski definition) is 2. The quantitative estimate of drug-likeness (QED) is 0.369. The van der Waals surface area contributed by atoms with Gasteiger partial charge in [-0.05, 0) is 50.6 Å². The molecule has 0 spiro atoms. The number of rotatable bonds is 7. The normalized spacial score (nSPS) is 16.1. The fraction of sp³-hybridized carbons (Fsp3) is 0.290. The number of benzene rings is 3. The van der Waals surface area contributed by atoms with Gasteiger partial charge in [0, 0.05) is 45.8 Å². The Hall–Kier alpha value is -4.21. The molecule has 2 amide bonds. The first-order valence-electron chi connectivity index (χ1n) is 13.1. The molecule has 3 aromatic rings. The maximum Gasteiger partial charge on any atom is 0.262 e. The fourth-order valence-corrected chi connectivity index (χ4v) is 5.37. The van der Waals surface area contributed by atoms with Gasteiger partial charge >= 0.3 is 0 Å². The summed E-state index contributed by atoms with van der Waals surface area (Å²) in [7, 11) is 4.55. The van der Waals surface area contributed by atoms with Crippen LogP contribution in [0.4, 0.5) is 17.1 Å². The summed E-state index contributed by atoms with van der Waals surface area (Å²) in [4.78, 5) is 28.7. The van der Waals surface area contributed by atoms with Crippen LogP contribution in [-0.4, -0.2) is 43.7 Å². The second-order valence-electron chi connectivity index (χ2n) is 10.8. The maximum absolute atomic E-state index is 13.9. The number of fused-ring (bicyclic) bond motifs is 3. The lowest BCUT2D eigenvalue weighted by Crippen LogP contribution is -2.45. The molecule has 0 saturated heterocycles. The first-order valence-corrected chi connectivity index (χ1v) is 13.5. The summed E-state index contributed by atoms with van der Waals surface area (Å²) in [5.41, 5.74) is 7.22. The fourth-order valence-electron chi connectivity index (χ4n) is 5.10. The number of ether oxygens (including phenoxy) is 3. The Morgan fingerprint density at radius 3 is 2.32 bits per heavy atom. The SMILES string of the molecule is COc1cc(NC(=O)Cc2cccc(N3C(=O)C4=CN(C(C)(C)C)NC4c4c(Cl)cccc43)c2)cc(OC)c1OC. The molecule has 0 saturated carbocycles. The van der Waals surface area contributed by atoms with Gasteiger partial charge < -0.3 is 24.5 Å². The molecule has 1 atom stereocenters. The van der Waals surface area contributed by atoms with E-state index in [1.54, 1.807) is 17.0 Å². The highest BCUT2D eigenvalue weighted by atomic mass is 35.5. The van der Waals surface area contributed by atoms with Crippen molar-refractivity contribution in [3.63, 3.8) is 0 Å². The number of hydrogen-bond acceptors (Lipinski definition) is 7. The van der Waals surface area contributed by atoms with Gasteiger partial charge in [-0.15, -0.1) is 0 Å². The lowest BCUT2D eigenvalue weighted by atomic mass is 9.92. The van der Waals surface area contributed by atoms with E-state index in [4.69, 9.17) is 25.8 Å². The van der Waals surface area contributed by atoms with E-state index in [9.17, 15) is 9.59 Å². The van der Waals surface area contributed by atoms with E-state index in [1.807, 2.05) is 53.7 Å². The average molecular weight is 577 g/mol. The predicted molar refractivity (Wildman–Crippen MR) is 159 cm³/mol. The number of anilines is 3. The van der Waals surface area contributed by atoms with Crippen molar-refractivity contribution in [2.45, 2.75) is 38.8 Å². The number of hydrazine groups is 1. The molecule has 2 aliphatic heterocycles. The Kier molecular flexibility index (Phi) is 7.59. The maximum atomic E-state index is 13.9. The number of amides is 2. The number of carbonyl (C=O) groups is 2. The predicted octanol–water partition coefficient (Wildman–Crippen LogP) is 5.77. The summed E-state index contributed by atoms with van der Waals surface area (Å²) < 4.78 is 16.1. The summed E-state index contributed by atoms with van der Waals surface area (Å²) in [6.07, 6.45) is 1.95. The smallest absolute Gasteiger partial charge is 0.262 e. The molecule has 9 nitrogen and oxygen atoms in total. The van der Waals surface area contributed by atoms with Crippen LogP contribution >= 0.6 is 11.6 Å². The van der Waals surface area contributed by atoms with Gasteiger partial charge in [-0.3, -0.25) is 14.5 Å². The second-order valence-corrected chi connectivity index (χ2v) is 11.2. The molecule has 0 aromatic heterocycles. The molecule has 0 aliphatic carbocycles. The van der Waals surface area contributed by atoms with Crippen molar-refractivity contribution in [1.82, 2.24) is 10.4 Å². The average Bonchev–Trinajstić information content (AvgIpc) is 3.39. The summed E-state index contributed by atoms with van der Waals surface area (Å²) in [5, 5.41) is 5.42. The van der Waals surface area contributed by atoms with Gasteiger partial charge in [0.15, 0.2) is 11.5 Å². The molecule has 5 rings (SSSR count). The van der Waals surface area contributed by atoms with Crippen LogP contribution in [0.2, 0.25) is 5.02 Å². The topological polar surface area (TPSA) is 92.4 Å². The third-order valence-electron chi connectivity index (χ3n) is 7.06. The number of halogens is 1. The van der Waals surface area contributed by atoms with Gasteiger partial charge in [-0.1, -0.05) is 29.8 Å². The van der Waals surface area contributed by atoms with Crippen LogP contribution in [0.5, 0.6) is 17.2 Å². The first kappa shape index (κ1) is 28.3.